The molecule has 0 unspecified atom stereocenters. The average Bonchev–Trinajstić information content (AvgIpc) is 2.66. The Hall–Kier alpha value is -2.99. The van der Waals surface area contributed by atoms with Crippen LogP contribution in [0.2, 0.25) is 5.02 Å². The maximum Gasteiger partial charge on any atom is 0.271 e. The van der Waals surface area contributed by atoms with Gasteiger partial charge in [-0.1, -0.05) is 41.9 Å². The van der Waals surface area contributed by atoms with Crippen LogP contribution in [0, 0.1) is 5.82 Å². The summed E-state index contributed by atoms with van der Waals surface area (Å²) in [5.74, 6) is -0.357. The third-order valence-corrected chi connectivity index (χ3v) is 3.92. The SMILES string of the molecule is O=C(NCCc1ccccc1)c1ccc(Nc2ccc(F)c(Cl)c2)nn1. The summed E-state index contributed by atoms with van der Waals surface area (Å²) >= 11 is 5.74. The minimum Gasteiger partial charge on any atom is -0.350 e. The molecule has 5 nitrogen and oxygen atoms in total. The third-order valence-electron chi connectivity index (χ3n) is 3.63. The highest BCUT2D eigenvalue weighted by Crippen LogP contribution is 2.21. The fourth-order valence-corrected chi connectivity index (χ4v) is 2.48. The largest absolute Gasteiger partial charge is 0.350 e. The van der Waals surface area contributed by atoms with Crippen molar-refractivity contribution in [3.63, 3.8) is 0 Å². The lowest BCUT2D eigenvalue weighted by Gasteiger charge is -2.07. The second kappa shape index (κ2) is 8.40. The van der Waals surface area contributed by atoms with E-state index >= 15 is 0 Å². The van der Waals surface area contributed by atoms with Crippen LogP contribution in [0.1, 0.15) is 16.1 Å². The molecule has 0 atom stereocenters. The number of anilines is 2. The van der Waals surface area contributed by atoms with E-state index in [1.165, 1.54) is 18.2 Å². The minimum absolute atomic E-state index is 0.0115. The van der Waals surface area contributed by atoms with Crippen LogP contribution in [0.4, 0.5) is 15.9 Å². The first-order valence-corrected chi connectivity index (χ1v) is 8.37. The van der Waals surface area contributed by atoms with Gasteiger partial charge in [0, 0.05) is 12.2 Å². The molecule has 0 saturated heterocycles. The van der Waals surface area contributed by atoms with Crippen LogP contribution in [0.3, 0.4) is 0 Å². The van der Waals surface area contributed by atoms with Gasteiger partial charge in [-0.05, 0) is 42.3 Å². The van der Waals surface area contributed by atoms with Gasteiger partial charge in [0.25, 0.3) is 5.91 Å². The molecule has 2 aromatic carbocycles. The molecule has 132 valence electrons. The second-order valence-electron chi connectivity index (χ2n) is 5.55. The number of amides is 1. The summed E-state index contributed by atoms with van der Waals surface area (Å²) in [6, 6.07) is 17.3. The van der Waals surface area contributed by atoms with E-state index in [4.69, 9.17) is 11.6 Å². The quantitative estimate of drug-likeness (QED) is 0.688. The normalized spacial score (nSPS) is 10.4. The molecular formula is C19H16ClFN4O. The van der Waals surface area contributed by atoms with Crippen molar-refractivity contribution in [1.82, 2.24) is 15.5 Å². The molecule has 3 aromatic rings. The van der Waals surface area contributed by atoms with Crippen molar-refractivity contribution in [3.05, 3.63) is 82.8 Å². The number of carbonyl (C=O) groups is 1. The van der Waals surface area contributed by atoms with Gasteiger partial charge >= 0.3 is 0 Å². The Kier molecular flexibility index (Phi) is 5.76. The molecule has 0 radical (unpaired) electrons. The van der Waals surface area contributed by atoms with E-state index < -0.39 is 5.82 Å². The zero-order valence-corrected chi connectivity index (χ0v) is 14.5. The Labute approximate surface area is 155 Å². The zero-order chi connectivity index (χ0) is 18.4. The fraction of sp³-hybridized carbons (Fsp3) is 0.105. The predicted octanol–water partition coefficient (Wildman–Crippen LogP) is 3.99. The van der Waals surface area contributed by atoms with Crippen molar-refractivity contribution >= 4 is 29.0 Å². The second-order valence-corrected chi connectivity index (χ2v) is 5.96. The van der Waals surface area contributed by atoms with Gasteiger partial charge < -0.3 is 10.6 Å². The molecule has 0 spiro atoms. The van der Waals surface area contributed by atoms with Gasteiger partial charge in [0.1, 0.15) is 5.82 Å². The topological polar surface area (TPSA) is 66.9 Å². The number of nitrogens with zero attached hydrogens (tertiary/aromatic N) is 2. The van der Waals surface area contributed by atoms with Crippen LogP contribution in [-0.2, 0) is 6.42 Å². The number of hydrogen-bond acceptors (Lipinski definition) is 4. The highest BCUT2D eigenvalue weighted by molar-refractivity contribution is 6.31. The Morgan fingerprint density at radius 3 is 2.54 bits per heavy atom. The Bertz CT molecular complexity index is 888. The van der Waals surface area contributed by atoms with Gasteiger partial charge in [0.15, 0.2) is 11.5 Å². The monoisotopic (exact) mass is 370 g/mol. The van der Waals surface area contributed by atoms with Crippen LogP contribution in [0.15, 0.2) is 60.7 Å². The Morgan fingerprint density at radius 1 is 1.04 bits per heavy atom. The Balaban J connectivity index is 1.54. The first-order valence-electron chi connectivity index (χ1n) is 8.00. The summed E-state index contributed by atoms with van der Waals surface area (Å²) in [6.07, 6.45) is 0.741. The van der Waals surface area contributed by atoms with E-state index in [-0.39, 0.29) is 16.6 Å². The summed E-state index contributed by atoms with van der Waals surface area (Å²) in [5.41, 5.74) is 1.95. The number of aromatic nitrogens is 2. The Morgan fingerprint density at radius 2 is 1.85 bits per heavy atom. The summed E-state index contributed by atoms with van der Waals surface area (Å²) in [5, 5.41) is 13.6. The van der Waals surface area contributed by atoms with E-state index in [2.05, 4.69) is 20.8 Å². The first kappa shape index (κ1) is 17.8. The maximum absolute atomic E-state index is 13.2. The lowest BCUT2D eigenvalue weighted by atomic mass is 10.1. The van der Waals surface area contributed by atoms with Gasteiger partial charge in [-0.3, -0.25) is 4.79 Å². The van der Waals surface area contributed by atoms with E-state index in [9.17, 15) is 9.18 Å². The lowest BCUT2D eigenvalue weighted by molar-refractivity contribution is 0.0948. The van der Waals surface area contributed by atoms with Gasteiger partial charge in [0.05, 0.1) is 5.02 Å². The van der Waals surface area contributed by atoms with Crippen molar-refractivity contribution in [2.75, 3.05) is 11.9 Å². The maximum atomic E-state index is 13.2. The highest BCUT2D eigenvalue weighted by atomic mass is 35.5. The van der Waals surface area contributed by atoms with Crippen molar-refractivity contribution in [3.8, 4) is 0 Å². The van der Waals surface area contributed by atoms with Crippen LogP contribution in [-0.4, -0.2) is 22.6 Å². The standard InChI is InChI=1S/C19H16ClFN4O/c20-15-12-14(6-7-16(15)21)23-18-9-8-17(24-25-18)19(26)22-11-10-13-4-2-1-3-5-13/h1-9,12H,10-11H2,(H,22,26)(H,23,25). The van der Waals surface area contributed by atoms with Crippen molar-refractivity contribution < 1.29 is 9.18 Å². The summed E-state index contributed by atoms with van der Waals surface area (Å²) < 4.78 is 13.2. The summed E-state index contributed by atoms with van der Waals surface area (Å²) in [7, 11) is 0. The molecule has 0 aliphatic carbocycles. The molecule has 0 aliphatic rings. The average molecular weight is 371 g/mol. The molecular weight excluding hydrogens is 355 g/mol. The predicted molar refractivity (Wildman–Crippen MR) is 99.2 cm³/mol. The van der Waals surface area contributed by atoms with Gasteiger partial charge in [-0.15, -0.1) is 10.2 Å². The zero-order valence-electron chi connectivity index (χ0n) is 13.7. The number of carbonyl (C=O) groups excluding carboxylic acids is 1. The molecule has 2 N–H and O–H groups in total. The van der Waals surface area contributed by atoms with Gasteiger partial charge in [0.2, 0.25) is 0 Å². The molecule has 1 heterocycles. The van der Waals surface area contributed by atoms with Gasteiger partial charge in [-0.25, -0.2) is 4.39 Å². The van der Waals surface area contributed by atoms with E-state index in [0.29, 0.717) is 18.1 Å². The van der Waals surface area contributed by atoms with E-state index in [0.717, 1.165) is 12.0 Å². The van der Waals surface area contributed by atoms with Crippen LogP contribution < -0.4 is 10.6 Å². The molecule has 0 aliphatic heterocycles. The molecule has 1 amide bonds. The number of hydrogen-bond donors (Lipinski definition) is 2. The lowest BCUT2D eigenvalue weighted by Crippen LogP contribution is -2.26. The smallest absolute Gasteiger partial charge is 0.271 e. The minimum atomic E-state index is -0.495. The van der Waals surface area contributed by atoms with Crippen LogP contribution in [0.25, 0.3) is 0 Å². The third kappa shape index (κ3) is 4.77. The summed E-state index contributed by atoms with van der Waals surface area (Å²) in [4.78, 5) is 12.1. The van der Waals surface area contributed by atoms with Crippen LogP contribution >= 0.6 is 11.6 Å². The van der Waals surface area contributed by atoms with Crippen molar-refractivity contribution in [1.29, 1.82) is 0 Å². The van der Waals surface area contributed by atoms with E-state index in [1.807, 2.05) is 30.3 Å². The number of halogens is 2. The van der Waals surface area contributed by atoms with Crippen molar-refractivity contribution in [2.24, 2.45) is 0 Å². The fourth-order valence-electron chi connectivity index (χ4n) is 2.30. The first-order chi connectivity index (χ1) is 12.6. The number of benzene rings is 2. The molecule has 26 heavy (non-hydrogen) atoms. The van der Waals surface area contributed by atoms with Gasteiger partial charge in [-0.2, -0.15) is 0 Å². The molecule has 0 bridgehead atoms. The summed E-state index contributed by atoms with van der Waals surface area (Å²) in [6.45, 7) is 0.513. The van der Waals surface area contributed by atoms with Crippen LogP contribution in [0.5, 0.6) is 0 Å². The molecule has 7 heteroatoms. The molecule has 0 fully saturated rings. The molecule has 3 rings (SSSR count). The molecule has 0 saturated carbocycles. The van der Waals surface area contributed by atoms with E-state index in [1.54, 1.807) is 12.1 Å². The van der Waals surface area contributed by atoms with Crippen molar-refractivity contribution in [2.45, 2.75) is 6.42 Å². The number of rotatable bonds is 6. The number of nitrogens with one attached hydrogen (secondary N) is 2. The molecule has 1 aromatic heterocycles. The highest BCUT2D eigenvalue weighted by Gasteiger charge is 2.08.